The highest BCUT2D eigenvalue weighted by molar-refractivity contribution is 7.89. The zero-order chi connectivity index (χ0) is 14.6. The van der Waals surface area contributed by atoms with Gasteiger partial charge in [0.25, 0.3) is 0 Å². The van der Waals surface area contributed by atoms with Crippen LogP contribution >= 0.6 is 0 Å². The second-order valence-corrected chi connectivity index (χ2v) is 7.07. The van der Waals surface area contributed by atoms with Gasteiger partial charge in [-0.15, -0.1) is 0 Å². The highest BCUT2D eigenvalue weighted by Crippen LogP contribution is 2.24. The number of sulfonamides is 1. The predicted molar refractivity (Wildman–Crippen MR) is 78.4 cm³/mol. The third-order valence-electron chi connectivity index (χ3n) is 3.17. The van der Waals surface area contributed by atoms with Gasteiger partial charge in [-0.2, -0.15) is 0 Å². The van der Waals surface area contributed by atoms with Crippen LogP contribution in [0.3, 0.4) is 0 Å². The number of nitrogens with one attached hydrogen (secondary N) is 2. The van der Waals surface area contributed by atoms with Crippen molar-refractivity contribution in [1.82, 2.24) is 10.0 Å². The van der Waals surface area contributed by atoms with Crippen molar-refractivity contribution in [3.05, 3.63) is 24.3 Å². The van der Waals surface area contributed by atoms with E-state index in [0.717, 1.165) is 19.5 Å². The summed E-state index contributed by atoms with van der Waals surface area (Å²) in [5.41, 5.74) is 0. The number of benzene rings is 1. The molecule has 0 saturated carbocycles. The summed E-state index contributed by atoms with van der Waals surface area (Å²) in [4.78, 5) is 0.208. The molecule has 2 rings (SSSR count). The molecule has 0 radical (unpaired) electrons. The van der Waals surface area contributed by atoms with Crippen molar-refractivity contribution in [1.29, 1.82) is 0 Å². The molecule has 0 aliphatic carbocycles. The van der Waals surface area contributed by atoms with Crippen molar-refractivity contribution < 1.29 is 13.2 Å². The summed E-state index contributed by atoms with van der Waals surface area (Å²) >= 11 is 0. The Labute approximate surface area is 120 Å². The van der Waals surface area contributed by atoms with E-state index in [9.17, 15) is 8.42 Å². The van der Waals surface area contributed by atoms with Gasteiger partial charge in [0, 0.05) is 18.5 Å². The standard InChI is InChI=1S/C14H22N2O3S/c1-11(2)16-20(17,18)14-6-4-3-5-13(14)19-10-12-7-8-15-9-12/h3-6,11-12,15-16H,7-10H2,1-2H3. The molecule has 112 valence electrons. The molecule has 1 heterocycles. The van der Waals surface area contributed by atoms with E-state index in [2.05, 4.69) is 10.0 Å². The fourth-order valence-corrected chi connectivity index (χ4v) is 3.63. The Morgan fingerprint density at radius 1 is 1.40 bits per heavy atom. The largest absolute Gasteiger partial charge is 0.492 e. The SMILES string of the molecule is CC(C)NS(=O)(=O)c1ccccc1OCC1CCNC1. The summed E-state index contributed by atoms with van der Waals surface area (Å²) in [5.74, 6) is 0.872. The molecule has 1 unspecified atom stereocenters. The van der Waals surface area contributed by atoms with E-state index >= 15 is 0 Å². The summed E-state index contributed by atoms with van der Waals surface area (Å²) in [6, 6.07) is 6.63. The summed E-state index contributed by atoms with van der Waals surface area (Å²) in [5, 5.41) is 3.27. The maximum atomic E-state index is 12.3. The van der Waals surface area contributed by atoms with Crippen LogP contribution in [-0.2, 0) is 10.0 Å². The lowest BCUT2D eigenvalue weighted by Gasteiger charge is -2.16. The Kier molecular flexibility index (Phi) is 5.01. The first-order chi connectivity index (χ1) is 9.49. The lowest BCUT2D eigenvalue weighted by atomic mass is 10.1. The normalized spacial score (nSPS) is 19.4. The van der Waals surface area contributed by atoms with E-state index in [4.69, 9.17) is 4.74 Å². The van der Waals surface area contributed by atoms with Crippen molar-refractivity contribution in [3.63, 3.8) is 0 Å². The summed E-state index contributed by atoms with van der Waals surface area (Å²) in [6.45, 7) is 6.07. The molecule has 1 fully saturated rings. The minimum Gasteiger partial charge on any atom is -0.492 e. The number of ether oxygens (including phenoxy) is 1. The van der Waals surface area contributed by atoms with Crippen LogP contribution in [0.2, 0.25) is 0 Å². The molecule has 20 heavy (non-hydrogen) atoms. The fraction of sp³-hybridized carbons (Fsp3) is 0.571. The molecule has 0 spiro atoms. The van der Waals surface area contributed by atoms with Crippen molar-refractivity contribution in [3.8, 4) is 5.75 Å². The van der Waals surface area contributed by atoms with Gasteiger partial charge in [0.15, 0.2) is 0 Å². The molecule has 0 aromatic heterocycles. The topological polar surface area (TPSA) is 67.4 Å². The third-order valence-corrected chi connectivity index (χ3v) is 4.86. The van der Waals surface area contributed by atoms with Gasteiger partial charge in [-0.3, -0.25) is 0 Å². The first-order valence-corrected chi connectivity index (χ1v) is 8.42. The summed E-state index contributed by atoms with van der Waals surface area (Å²) in [7, 11) is -3.53. The zero-order valence-corrected chi connectivity index (χ0v) is 12.7. The van der Waals surface area contributed by atoms with Crippen LogP contribution in [0.4, 0.5) is 0 Å². The predicted octanol–water partition coefficient (Wildman–Crippen LogP) is 1.36. The maximum Gasteiger partial charge on any atom is 0.244 e. The Morgan fingerprint density at radius 2 is 2.15 bits per heavy atom. The van der Waals surface area contributed by atoms with E-state index in [1.807, 2.05) is 0 Å². The lowest BCUT2D eigenvalue weighted by molar-refractivity contribution is 0.254. The Hall–Kier alpha value is -1.11. The Morgan fingerprint density at radius 3 is 2.80 bits per heavy atom. The third kappa shape index (κ3) is 3.94. The highest BCUT2D eigenvalue weighted by atomic mass is 32.2. The molecule has 2 N–H and O–H groups in total. The molecule has 1 atom stereocenters. The molecule has 5 nitrogen and oxygen atoms in total. The van der Waals surface area contributed by atoms with E-state index in [0.29, 0.717) is 18.3 Å². The molecule has 6 heteroatoms. The van der Waals surface area contributed by atoms with Crippen LogP contribution in [-0.4, -0.2) is 34.2 Å². The van der Waals surface area contributed by atoms with Crippen molar-refractivity contribution in [2.75, 3.05) is 19.7 Å². The van der Waals surface area contributed by atoms with Gasteiger partial charge in [0.05, 0.1) is 6.61 Å². The molecular weight excluding hydrogens is 276 g/mol. The molecular formula is C14H22N2O3S. The van der Waals surface area contributed by atoms with Crippen LogP contribution in [0.25, 0.3) is 0 Å². The van der Waals surface area contributed by atoms with E-state index < -0.39 is 10.0 Å². The van der Waals surface area contributed by atoms with Gasteiger partial charge in [-0.25, -0.2) is 13.1 Å². The molecule has 1 saturated heterocycles. The molecule has 1 aliphatic heterocycles. The molecule has 1 aromatic carbocycles. The maximum absolute atomic E-state index is 12.3. The average molecular weight is 298 g/mol. The average Bonchev–Trinajstić information content (AvgIpc) is 2.88. The smallest absolute Gasteiger partial charge is 0.244 e. The van der Waals surface area contributed by atoms with Gasteiger partial charge in [-0.1, -0.05) is 12.1 Å². The van der Waals surface area contributed by atoms with Crippen LogP contribution in [0.5, 0.6) is 5.75 Å². The van der Waals surface area contributed by atoms with Gasteiger partial charge < -0.3 is 10.1 Å². The summed E-state index contributed by atoms with van der Waals surface area (Å²) < 4.78 is 32.8. The highest BCUT2D eigenvalue weighted by Gasteiger charge is 2.21. The zero-order valence-electron chi connectivity index (χ0n) is 11.9. The Bertz CT molecular complexity index is 537. The lowest BCUT2D eigenvalue weighted by Crippen LogP contribution is -2.30. The summed E-state index contributed by atoms with van der Waals surface area (Å²) in [6.07, 6.45) is 1.07. The first kappa shape index (κ1) is 15.3. The molecule has 0 bridgehead atoms. The second-order valence-electron chi connectivity index (χ2n) is 5.39. The minimum absolute atomic E-state index is 0.146. The van der Waals surface area contributed by atoms with Crippen LogP contribution in [0, 0.1) is 5.92 Å². The van der Waals surface area contributed by atoms with Crippen LogP contribution in [0.1, 0.15) is 20.3 Å². The quantitative estimate of drug-likeness (QED) is 0.832. The first-order valence-electron chi connectivity index (χ1n) is 6.94. The van der Waals surface area contributed by atoms with Gasteiger partial charge in [0.1, 0.15) is 10.6 Å². The Balaban J connectivity index is 2.13. The van der Waals surface area contributed by atoms with Crippen molar-refractivity contribution in [2.24, 2.45) is 5.92 Å². The van der Waals surface area contributed by atoms with Crippen molar-refractivity contribution >= 4 is 10.0 Å². The number of hydrogen-bond acceptors (Lipinski definition) is 4. The van der Waals surface area contributed by atoms with E-state index in [1.165, 1.54) is 0 Å². The van der Waals surface area contributed by atoms with Gasteiger partial charge in [-0.05, 0) is 38.9 Å². The number of rotatable bonds is 6. The fourth-order valence-electron chi connectivity index (χ4n) is 2.23. The minimum atomic E-state index is -3.53. The van der Waals surface area contributed by atoms with Crippen molar-refractivity contribution in [2.45, 2.75) is 31.2 Å². The van der Waals surface area contributed by atoms with E-state index in [1.54, 1.807) is 38.1 Å². The second kappa shape index (κ2) is 6.56. The molecule has 0 amide bonds. The monoisotopic (exact) mass is 298 g/mol. The van der Waals surface area contributed by atoms with E-state index in [-0.39, 0.29) is 10.9 Å². The number of para-hydroxylation sites is 1. The van der Waals surface area contributed by atoms with Gasteiger partial charge in [0.2, 0.25) is 10.0 Å². The number of hydrogen-bond donors (Lipinski definition) is 2. The molecule has 1 aliphatic rings. The molecule has 1 aromatic rings. The van der Waals surface area contributed by atoms with Gasteiger partial charge >= 0.3 is 0 Å². The van der Waals surface area contributed by atoms with Crippen LogP contribution in [0.15, 0.2) is 29.2 Å². The van der Waals surface area contributed by atoms with Crippen LogP contribution < -0.4 is 14.8 Å².